The van der Waals surface area contributed by atoms with Crippen LogP contribution >= 0.6 is 0 Å². The molecule has 0 fully saturated rings. The first-order valence-electron chi connectivity index (χ1n) is 7.14. The van der Waals surface area contributed by atoms with E-state index < -0.39 is 5.82 Å². The summed E-state index contributed by atoms with van der Waals surface area (Å²) in [6.07, 6.45) is 3.37. The third-order valence-corrected chi connectivity index (χ3v) is 3.44. The van der Waals surface area contributed by atoms with Gasteiger partial charge in [-0.05, 0) is 23.3 Å². The van der Waals surface area contributed by atoms with Crippen molar-refractivity contribution in [2.75, 3.05) is 0 Å². The number of pyridine rings is 1. The molecule has 0 atom stereocenters. The molecule has 3 nitrogen and oxygen atoms in total. The lowest BCUT2D eigenvalue weighted by Gasteiger charge is -2.12. The third-order valence-electron chi connectivity index (χ3n) is 3.44. The van der Waals surface area contributed by atoms with Crippen LogP contribution in [0.5, 0.6) is 5.75 Å². The van der Waals surface area contributed by atoms with E-state index in [1.807, 2.05) is 30.3 Å². The van der Waals surface area contributed by atoms with Gasteiger partial charge in [-0.25, -0.2) is 4.39 Å². The highest BCUT2D eigenvalue weighted by Crippen LogP contribution is 2.29. The number of rotatable bonds is 5. The van der Waals surface area contributed by atoms with Gasteiger partial charge in [0.15, 0.2) is 6.29 Å². The molecular weight excluding hydrogens is 293 g/mol. The van der Waals surface area contributed by atoms with Crippen LogP contribution in [0.3, 0.4) is 0 Å². The Bertz CT molecular complexity index is 819. The Morgan fingerprint density at radius 1 is 1.04 bits per heavy atom. The summed E-state index contributed by atoms with van der Waals surface area (Å²) in [4.78, 5) is 15.4. The lowest BCUT2D eigenvalue weighted by atomic mass is 10.0. The summed E-state index contributed by atoms with van der Waals surface area (Å²) < 4.78 is 19.1. The van der Waals surface area contributed by atoms with Gasteiger partial charge in [0.05, 0.1) is 11.8 Å². The van der Waals surface area contributed by atoms with Crippen molar-refractivity contribution in [3.8, 4) is 16.9 Å². The molecule has 0 spiro atoms. The molecule has 0 aliphatic heterocycles. The molecule has 114 valence electrons. The number of carbonyl (C=O) groups is 1. The normalized spacial score (nSPS) is 10.3. The molecule has 4 heteroatoms. The van der Waals surface area contributed by atoms with E-state index in [0.29, 0.717) is 29.0 Å². The van der Waals surface area contributed by atoms with Gasteiger partial charge in [-0.15, -0.1) is 0 Å². The van der Waals surface area contributed by atoms with E-state index in [-0.39, 0.29) is 0 Å². The highest BCUT2D eigenvalue weighted by atomic mass is 19.1. The van der Waals surface area contributed by atoms with Gasteiger partial charge in [-0.3, -0.25) is 9.78 Å². The summed E-state index contributed by atoms with van der Waals surface area (Å²) in [6.45, 7) is 0.354. The largest absolute Gasteiger partial charge is 0.488 e. The number of aldehydes is 1. The molecule has 3 rings (SSSR count). The van der Waals surface area contributed by atoms with Gasteiger partial charge in [0, 0.05) is 11.8 Å². The highest BCUT2D eigenvalue weighted by Gasteiger charge is 2.11. The van der Waals surface area contributed by atoms with Gasteiger partial charge in [0.1, 0.15) is 18.2 Å². The van der Waals surface area contributed by atoms with Gasteiger partial charge in [-0.1, -0.05) is 42.5 Å². The average Bonchev–Trinajstić information content (AvgIpc) is 2.60. The second-order valence-corrected chi connectivity index (χ2v) is 5.00. The van der Waals surface area contributed by atoms with Crippen molar-refractivity contribution >= 4 is 6.29 Å². The molecule has 1 aromatic heterocycles. The first-order valence-corrected chi connectivity index (χ1v) is 7.14. The highest BCUT2D eigenvalue weighted by molar-refractivity contribution is 5.90. The van der Waals surface area contributed by atoms with E-state index in [2.05, 4.69) is 4.98 Å². The van der Waals surface area contributed by atoms with Crippen LogP contribution in [-0.2, 0) is 6.61 Å². The summed E-state index contributed by atoms with van der Waals surface area (Å²) in [5.74, 6) is 0.0144. The van der Waals surface area contributed by atoms with E-state index in [0.717, 1.165) is 18.0 Å². The van der Waals surface area contributed by atoms with Crippen molar-refractivity contribution < 1.29 is 13.9 Å². The quantitative estimate of drug-likeness (QED) is 0.660. The summed E-state index contributed by atoms with van der Waals surface area (Å²) in [7, 11) is 0. The van der Waals surface area contributed by atoms with Crippen LogP contribution < -0.4 is 4.74 Å². The van der Waals surface area contributed by atoms with Crippen molar-refractivity contribution in [1.29, 1.82) is 0 Å². The predicted molar refractivity (Wildman–Crippen MR) is 85.8 cm³/mol. The number of ether oxygens (including phenoxy) is 1. The number of halogens is 1. The summed E-state index contributed by atoms with van der Waals surface area (Å²) >= 11 is 0. The number of carbonyl (C=O) groups excluding carboxylic acids is 1. The van der Waals surface area contributed by atoms with Crippen molar-refractivity contribution in [2.45, 2.75) is 6.61 Å². The zero-order valence-corrected chi connectivity index (χ0v) is 12.3. The van der Waals surface area contributed by atoms with Crippen LogP contribution in [-0.4, -0.2) is 11.3 Å². The molecule has 0 aliphatic rings. The zero-order chi connectivity index (χ0) is 16.1. The average molecular weight is 307 g/mol. The number of nitrogens with zero attached hydrogens (tertiary/aromatic N) is 1. The third kappa shape index (κ3) is 3.43. The summed E-state index contributed by atoms with van der Waals surface area (Å²) in [5.41, 5.74) is 2.52. The van der Waals surface area contributed by atoms with Crippen LogP contribution in [0.2, 0.25) is 0 Å². The van der Waals surface area contributed by atoms with Crippen molar-refractivity contribution in [1.82, 2.24) is 4.98 Å². The fourth-order valence-electron chi connectivity index (χ4n) is 2.34. The molecule has 0 unspecified atom stereocenters. The molecule has 1 heterocycles. The number of hydrogen-bond acceptors (Lipinski definition) is 3. The van der Waals surface area contributed by atoms with E-state index >= 15 is 0 Å². The fraction of sp³-hybridized carbons (Fsp3) is 0.0526. The topological polar surface area (TPSA) is 39.2 Å². The molecule has 0 N–H and O–H groups in total. The minimum atomic E-state index is -0.449. The van der Waals surface area contributed by atoms with E-state index in [1.165, 1.54) is 12.3 Å². The molecule has 3 aromatic rings. The maximum atomic E-state index is 13.4. The minimum Gasteiger partial charge on any atom is -0.488 e. The molecular formula is C19H14FNO2. The molecule has 0 saturated carbocycles. The Hall–Kier alpha value is -3.01. The summed E-state index contributed by atoms with van der Waals surface area (Å²) in [6, 6.07) is 16.3. The van der Waals surface area contributed by atoms with Crippen LogP contribution in [0.25, 0.3) is 11.1 Å². The smallest absolute Gasteiger partial charge is 0.154 e. The monoisotopic (exact) mass is 307 g/mol. The number of hydrogen-bond donors (Lipinski definition) is 0. The SMILES string of the molecule is O=Cc1c(OCc2ccccc2)cccc1-c1cncc(F)c1. The Morgan fingerprint density at radius 3 is 2.61 bits per heavy atom. The van der Waals surface area contributed by atoms with Crippen LogP contribution in [0.4, 0.5) is 4.39 Å². The molecule has 0 saturated heterocycles. The van der Waals surface area contributed by atoms with Crippen molar-refractivity contribution in [3.05, 3.63) is 83.9 Å². The molecule has 0 bridgehead atoms. The Morgan fingerprint density at radius 2 is 1.87 bits per heavy atom. The van der Waals surface area contributed by atoms with Gasteiger partial charge in [0.25, 0.3) is 0 Å². The zero-order valence-electron chi connectivity index (χ0n) is 12.3. The van der Waals surface area contributed by atoms with Crippen LogP contribution in [0.15, 0.2) is 67.0 Å². The minimum absolute atomic E-state index is 0.354. The molecule has 0 radical (unpaired) electrons. The van der Waals surface area contributed by atoms with Crippen LogP contribution in [0.1, 0.15) is 15.9 Å². The molecule has 0 aliphatic carbocycles. The maximum Gasteiger partial charge on any atom is 0.154 e. The second-order valence-electron chi connectivity index (χ2n) is 5.00. The standard InChI is InChI=1S/C19H14FNO2/c20-16-9-15(10-21-11-16)17-7-4-8-19(18(17)12-22)23-13-14-5-2-1-3-6-14/h1-12H,13H2. The summed E-state index contributed by atoms with van der Waals surface area (Å²) in [5, 5.41) is 0. The number of benzene rings is 2. The van der Waals surface area contributed by atoms with E-state index in [1.54, 1.807) is 18.2 Å². The van der Waals surface area contributed by atoms with Gasteiger partial charge >= 0.3 is 0 Å². The Labute approximate surface area is 133 Å². The molecule has 0 amide bonds. The fourth-order valence-corrected chi connectivity index (χ4v) is 2.34. The molecule has 2 aromatic carbocycles. The predicted octanol–water partition coefficient (Wildman–Crippen LogP) is 4.28. The lowest BCUT2D eigenvalue weighted by molar-refractivity contribution is 0.111. The Kier molecular flexibility index (Phi) is 4.43. The lowest BCUT2D eigenvalue weighted by Crippen LogP contribution is -2.00. The van der Waals surface area contributed by atoms with Crippen LogP contribution in [0, 0.1) is 5.82 Å². The van der Waals surface area contributed by atoms with Gasteiger partial charge in [0.2, 0.25) is 0 Å². The first kappa shape index (κ1) is 14.9. The maximum absolute atomic E-state index is 13.4. The number of aromatic nitrogens is 1. The van der Waals surface area contributed by atoms with E-state index in [9.17, 15) is 9.18 Å². The van der Waals surface area contributed by atoms with Crippen molar-refractivity contribution in [2.24, 2.45) is 0 Å². The van der Waals surface area contributed by atoms with E-state index in [4.69, 9.17) is 4.74 Å². The second kappa shape index (κ2) is 6.83. The first-order chi connectivity index (χ1) is 11.3. The molecule has 23 heavy (non-hydrogen) atoms. The van der Waals surface area contributed by atoms with Crippen molar-refractivity contribution in [3.63, 3.8) is 0 Å². The van der Waals surface area contributed by atoms with Gasteiger partial charge < -0.3 is 4.74 Å². The van der Waals surface area contributed by atoms with Gasteiger partial charge in [-0.2, -0.15) is 0 Å². The Balaban J connectivity index is 1.92.